The van der Waals surface area contributed by atoms with Crippen molar-refractivity contribution in [3.05, 3.63) is 17.9 Å². The molecular formula is C9H12ClN7O2. The van der Waals surface area contributed by atoms with Crippen LogP contribution >= 0.6 is 11.6 Å². The first kappa shape index (κ1) is 13.6. The van der Waals surface area contributed by atoms with Crippen molar-refractivity contribution >= 4 is 17.5 Å². The fraction of sp³-hybridized carbons (Fsp3) is 0.444. The maximum Gasteiger partial charge on any atom is 0.258 e. The number of rotatable bonds is 6. The van der Waals surface area contributed by atoms with Gasteiger partial charge in [0.2, 0.25) is 11.2 Å². The van der Waals surface area contributed by atoms with Crippen LogP contribution in [0.2, 0.25) is 5.28 Å². The van der Waals surface area contributed by atoms with Crippen LogP contribution in [0.3, 0.4) is 0 Å². The Bertz CT molecular complexity index is 515. The predicted molar refractivity (Wildman–Crippen MR) is 66.1 cm³/mol. The summed E-state index contributed by atoms with van der Waals surface area (Å²) in [6.07, 6.45) is 2.77. The average molecular weight is 286 g/mol. The van der Waals surface area contributed by atoms with Crippen LogP contribution in [0, 0.1) is 0 Å². The number of anilines is 1. The van der Waals surface area contributed by atoms with E-state index in [1.54, 1.807) is 4.90 Å². The highest BCUT2D eigenvalue weighted by Crippen LogP contribution is 2.12. The molecule has 0 unspecified atom stereocenters. The highest BCUT2D eigenvalue weighted by molar-refractivity contribution is 6.28. The Morgan fingerprint density at radius 3 is 2.47 bits per heavy atom. The number of hydrogen-bond donors (Lipinski definition) is 2. The molecule has 0 radical (unpaired) electrons. The number of aliphatic hydroxyl groups is 2. The third-order valence-corrected chi connectivity index (χ3v) is 2.40. The van der Waals surface area contributed by atoms with Crippen molar-refractivity contribution in [3.8, 4) is 5.95 Å². The molecule has 0 aliphatic carbocycles. The average Bonchev–Trinajstić information content (AvgIpc) is 2.91. The summed E-state index contributed by atoms with van der Waals surface area (Å²) in [5.41, 5.74) is 0. The summed E-state index contributed by atoms with van der Waals surface area (Å²) in [6, 6.07) is 0. The monoisotopic (exact) mass is 285 g/mol. The van der Waals surface area contributed by atoms with Gasteiger partial charge in [0.25, 0.3) is 5.95 Å². The van der Waals surface area contributed by atoms with Gasteiger partial charge in [0.05, 0.1) is 13.2 Å². The Morgan fingerprint density at radius 2 is 1.89 bits per heavy atom. The van der Waals surface area contributed by atoms with Crippen molar-refractivity contribution < 1.29 is 10.2 Å². The van der Waals surface area contributed by atoms with Gasteiger partial charge in [-0.3, -0.25) is 0 Å². The SMILES string of the molecule is OCCN(CCO)c1nc(Cl)nc(-n2cncn2)n1. The van der Waals surface area contributed by atoms with Crippen LogP contribution in [0.5, 0.6) is 0 Å². The van der Waals surface area contributed by atoms with E-state index >= 15 is 0 Å². The molecule has 2 aromatic heterocycles. The molecule has 2 aromatic rings. The second kappa shape index (κ2) is 6.36. The lowest BCUT2D eigenvalue weighted by Gasteiger charge is -2.20. The molecule has 0 amide bonds. The molecule has 0 aliphatic rings. The highest BCUT2D eigenvalue weighted by Gasteiger charge is 2.13. The summed E-state index contributed by atoms with van der Waals surface area (Å²) < 4.78 is 1.34. The number of halogens is 1. The fourth-order valence-corrected chi connectivity index (χ4v) is 1.59. The summed E-state index contributed by atoms with van der Waals surface area (Å²) in [5.74, 6) is 0.474. The Hall–Kier alpha value is -1.84. The van der Waals surface area contributed by atoms with E-state index in [2.05, 4.69) is 25.0 Å². The molecule has 0 aliphatic heterocycles. The number of nitrogens with zero attached hydrogens (tertiary/aromatic N) is 7. The quantitative estimate of drug-likeness (QED) is 0.687. The standard InChI is InChI=1S/C9H12ClN7O2/c10-7-13-8(16(1-3-18)2-4-19)15-9(14-7)17-6-11-5-12-17/h5-6,18-19H,1-4H2. The topological polar surface area (TPSA) is 113 Å². The largest absolute Gasteiger partial charge is 0.395 e. The first-order valence-electron chi connectivity index (χ1n) is 5.48. The van der Waals surface area contributed by atoms with Gasteiger partial charge in [-0.25, -0.2) is 4.98 Å². The maximum absolute atomic E-state index is 8.99. The van der Waals surface area contributed by atoms with E-state index in [0.29, 0.717) is 0 Å². The van der Waals surface area contributed by atoms with Crippen molar-refractivity contribution in [2.45, 2.75) is 0 Å². The summed E-state index contributed by atoms with van der Waals surface area (Å²) in [6.45, 7) is 0.360. The maximum atomic E-state index is 8.99. The van der Waals surface area contributed by atoms with Crippen LogP contribution in [-0.2, 0) is 0 Å². The molecule has 2 heterocycles. The first-order chi connectivity index (χ1) is 9.24. The summed E-state index contributed by atoms with van der Waals surface area (Å²) in [7, 11) is 0. The zero-order valence-corrected chi connectivity index (χ0v) is 10.6. The van der Waals surface area contributed by atoms with Gasteiger partial charge < -0.3 is 15.1 Å². The molecular weight excluding hydrogens is 274 g/mol. The Balaban J connectivity index is 2.34. The Labute approximate surface area is 113 Å². The minimum atomic E-state index is -0.0953. The number of hydrogen-bond acceptors (Lipinski definition) is 8. The van der Waals surface area contributed by atoms with Gasteiger partial charge in [-0.1, -0.05) is 0 Å². The normalized spacial score (nSPS) is 10.7. The number of aromatic nitrogens is 6. The molecule has 19 heavy (non-hydrogen) atoms. The van der Waals surface area contributed by atoms with E-state index in [0.717, 1.165) is 0 Å². The van der Waals surface area contributed by atoms with Crippen LogP contribution in [0.15, 0.2) is 12.7 Å². The first-order valence-corrected chi connectivity index (χ1v) is 5.85. The lowest BCUT2D eigenvalue weighted by Crippen LogP contribution is -2.31. The zero-order valence-electron chi connectivity index (χ0n) is 9.89. The molecule has 2 rings (SSSR count). The van der Waals surface area contributed by atoms with E-state index < -0.39 is 0 Å². The van der Waals surface area contributed by atoms with E-state index in [-0.39, 0.29) is 43.5 Å². The third-order valence-electron chi connectivity index (χ3n) is 2.23. The molecule has 0 bridgehead atoms. The van der Waals surface area contributed by atoms with Crippen LogP contribution < -0.4 is 4.90 Å². The van der Waals surface area contributed by atoms with Gasteiger partial charge in [0.1, 0.15) is 12.7 Å². The van der Waals surface area contributed by atoms with E-state index in [1.165, 1.54) is 17.3 Å². The lowest BCUT2D eigenvalue weighted by atomic mass is 10.5. The van der Waals surface area contributed by atoms with Crippen LogP contribution in [-0.4, -0.2) is 66.2 Å². The fourth-order valence-electron chi connectivity index (χ4n) is 1.44. The van der Waals surface area contributed by atoms with Crippen molar-refractivity contribution in [3.63, 3.8) is 0 Å². The molecule has 0 saturated heterocycles. The van der Waals surface area contributed by atoms with Gasteiger partial charge in [-0.2, -0.15) is 24.7 Å². The molecule has 9 nitrogen and oxygen atoms in total. The third kappa shape index (κ3) is 3.34. The van der Waals surface area contributed by atoms with Crippen molar-refractivity contribution in [1.82, 2.24) is 29.7 Å². The molecule has 10 heteroatoms. The Kier molecular flexibility index (Phi) is 4.55. The highest BCUT2D eigenvalue weighted by atomic mass is 35.5. The van der Waals surface area contributed by atoms with Gasteiger partial charge in [-0.15, -0.1) is 0 Å². The minimum absolute atomic E-state index is 0.00335. The molecule has 0 fully saturated rings. The van der Waals surface area contributed by atoms with Crippen LogP contribution in [0.25, 0.3) is 5.95 Å². The second-order valence-electron chi connectivity index (χ2n) is 3.48. The molecule has 102 valence electrons. The summed E-state index contributed by atoms with van der Waals surface area (Å²) in [4.78, 5) is 17.5. The van der Waals surface area contributed by atoms with Crippen molar-refractivity contribution in [2.24, 2.45) is 0 Å². The minimum Gasteiger partial charge on any atom is -0.395 e. The predicted octanol–water partition coefficient (Wildman–Crippen LogP) is -1.10. The zero-order chi connectivity index (χ0) is 13.7. The van der Waals surface area contributed by atoms with Gasteiger partial charge in [0, 0.05) is 13.1 Å². The van der Waals surface area contributed by atoms with E-state index in [4.69, 9.17) is 21.8 Å². The summed E-state index contributed by atoms with van der Waals surface area (Å²) in [5, 5.41) is 21.9. The molecule has 0 saturated carbocycles. The molecule has 2 N–H and O–H groups in total. The molecule has 0 aromatic carbocycles. The van der Waals surface area contributed by atoms with Gasteiger partial charge >= 0.3 is 0 Å². The van der Waals surface area contributed by atoms with Crippen LogP contribution in [0.1, 0.15) is 0 Å². The van der Waals surface area contributed by atoms with E-state index in [9.17, 15) is 0 Å². The molecule has 0 atom stereocenters. The number of aliphatic hydroxyl groups excluding tert-OH is 2. The lowest BCUT2D eigenvalue weighted by molar-refractivity contribution is 0.280. The summed E-state index contributed by atoms with van der Waals surface area (Å²) >= 11 is 5.84. The van der Waals surface area contributed by atoms with Crippen molar-refractivity contribution in [1.29, 1.82) is 0 Å². The van der Waals surface area contributed by atoms with Gasteiger partial charge in [0.15, 0.2) is 0 Å². The van der Waals surface area contributed by atoms with Crippen LogP contribution in [0.4, 0.5) is 5.95 Å². The molecule has 0 spiro atoms. The van der Waals surface area contributed by atoms with Gasteiger partial charge in [-0.05, 0) is 11.6 Å². The Morgan fingerprint density at radius 1 is 1.16 bits per heavy atom. The second-order valence-corrected chi connectivity index (χ2v) is 3.82. The smallest absolute Gasteiger partial charge is 0.258 e. The van der Waals surface area contributed by atoms with Crippen molar-refractivity contribution in [2.75, 3.05) is 31.2 Å². The van der Waals surface area contributed by atoms with E-state index in [1.807, 2.05) is 0 Å².